The second-order valence-corrected chi connectivity index (χ2v) is 3.33. The van der Waals surface area contributed by atoms with Crippen LogP contribution in [0.5, 0.6) is 0 Å². The molecule has 1 aromatic rings. The molecule has 0 saturated carbocycles. The first-order valence-electron chi connectivity index (χ1n) is 4.90. The van der Waals surface area contributed by atoms with Crippen LogP contribution < -0.4 is 0 Å². The SMILES string of the molecule is C#CCOC(CC=C)c1cc(F)c(F)c(F)c1. The van der Waals surface area contributed by atoms with Gasteiger partial charge in [-0.15, -0.1) is 13.0 Å². The molecule has 0 bridgehead atoms. The molecule has 0 heterocycles. The second-order valence-electron chi connectivity index (χ2n) is 3.33. The van der Waals surface area contributed by atoms with Gasteiger partial charge in [0, 0.05) is 0 Å². The van der Waals surface area contributed by atoms with Gasteiger partial charge in [-0.25, -0.2) is 13.2 Å². The van der Waals surface area contributed by atoms with Gasteiger partial charge in [-0.2, -0.15) is 0 Å². The van der Waals surface area contributed by atoms with Gasteiger partial charge in [0.25, 0.3) is 0 Å². The van der Waals surface area contributed by atoms with Crippen molar-refractivity contribution in [1.82, 2.24) is 0 Å². The predicted octanol–water partition coefficient (Wildman–Crippen LogP) is 3.37. The lowest BCUT2D eigenvalue weighted by Crippen LogP contribution is -2.06. The standard InChI is InChI=1S/C13H11F3O/c1-3-5-12(17-6-4-2)9-7-10(14)13(16)11(15)8-9/h2-3,7-8,12H,1,5-6H2. The van der Waals surface area contributed by atoms with Crippen LogP contribution in [-0.4, -0.2) is 6.61 Å². The van der Waals surface area contributed by atoms with Crippen molar-refractivity contribution in [3.63, 3.8) is 0 Å². The lowest BCUT2D eigenvalue weighted by molar-refractivity contribution is 0.0797. The molecule has 0 aromatic heterocycles. The van der Waals surface area contributed by atoms with Crippen molar-refractivity contribution in [2.75, 3.05) is 6.61 Å². The Bertz CT molecular complexity index is 425. The Morgan fingerprint density at radius 2 is 1.94 bits per heavy atom. The van der Waals surface area contributed by atoms with Gasteiger partial charge in [0.2, 0.25) is 0 Å². The normalized spacial score (nSPS) is 11.9. The second kappa shape index (κ2) is 6.12. The lowest BCUT2D eigenvalue weighted by Gasteiger charge is -2.15. The van der Waals surface area contributed by atoms with E-state index >= 15 is 0 Å². The minimum absolute atomic E-state index is 0.000872. The van der Waals surface area contributed by atoms with E-state index in [1.807, 2.05) is 0 Å². The summed E-state index contributed by atoms with van der Waals surface area (Å²) in [6, 6.07) is 1.78. The van der Waals surface area contributed by atoms with E-state index in [0.717, 1.165) is 12.1 Å². The smallest absolute Gasteiger partial charge is 0.194 e. The summed E-state index contributed by atoms with van der Waals surface area (Å²) in [4.78, 5) is 0. The average Bonchev–Trinajstić information content (AvgIpc) is 2.31. The van der Waals surface area contributed by atoms with Crippen LogP contribution in [0.25, 0.3) is 0 Å². The summed E-state index contributed by atoms with van der Waals surface area (Å²) in [5.74, 6) is -1.75. The molecule has 0 saturated heterocycles. The van der Waals surface area contributed by atoms with Crippen LogP contribution >= 0.6 is 0 Å². The van der Waals surface area contributed by atoms with E-state index in [9.17, 15) is 13.2 Å². The fourth-order valence-electron chi connectivity index (χ4n) is 1.36. The molecule has 1 unspecified atom stereocenters. The van der Waals surface area contributed by atoms with Crippen molar-refractivity contribution < 1.29 is 17.9 Å². The molecule has 0 radical (unpaired) electrons. The van der Waals surface area contributed by atoms with Crippen LogP contribution in [0.1, 0.15) is 18.1 Å². The Morgan fingerprint density at radius 1 is 1.35 bits per heavy atom. The van der Waals surface area contributed by atoms with Crippen LogP contribution in [0.2, 0.25) is 0 Å². The molecule has 90 valence electrons. The number of hydrogen-bond acceptors (Lipinski definition) is 1. The molecule has 0 spiro atoms. The number of ether oxygens (including phenoxy) is 1. The van der Waals surface area contributed by atoms with Crippen LogP contribution in [-0.2, 0) is 4.74 Å². The average molecular weight is 240 g/mol. The highest BCUT2D eigenvalue weighted by atomic mass is 19.2. The first-order chi connectivity index (χ1) is 8.10. The highest BCUT2D eigenvalue weighted by molar-refractivity contribution is 5.22. The summed E-state index contributed by atoms with van der Waals surface area (Å²) in [6.07, 6.45) is 6.25. The van der Waals surface area contributed by atoms with E-state index in [1.54, 1.807) is 0 Å². The summed E-state index contributed by atoms with van der Waals surface area (Å²) >= 11 is 0. The van der Waals surface area contributed by atoms with Crippen molar-refractivity contribution in [3.8, 4) is 12.3 Å². The molecule has 0 N–H and O–H groups in total. The minimum Gasteiger partial charge on any atom is -0.361 e. The molecule has 1 aromatic carbocycles. The molecule has 0 aliphatic rings. The van der Waals surface area contributed by atoms with Crippen molar-refractivity contribution in [1.29, 1.82) is 0 Å². The maximum absolute atomic E-state index is 13.0. The summed E-state index contributed by atoms with van der Waals surface area (Å²) < 4.78 is 44.0. The fraction of sp³-hybridized carbons (Fsp3) is 0.231. The zero-order chi connectivity index (χ0) is 12.8. The van der Waals surface area contributed by atoms with E-state index in [0.29, 0.717) is 6.42 Å². The quantitative estimate of drug-likeness (QED) is 0.435. The molecular weight excluding hydrogens is 229 g/mol. The third-order valence-electron chi connectivity index (χ3n) is 2.13. The number of terminal acetylenes is 1. The van der Waals surface area contributed by atoms with Crippen molar-refractivity contribution in [2.45, 2.75) is 12.5 Å². The molecule has 0 amide bonds. The zero-order valence-electron chi connectivity index (χ0n) is 9.05. The Kier molecular flexibility index (Phi) is 4.80. The Morgan fingerprint density at radius 3 is 2.41 bits per heavy atom. The largest absolute Gasteiger partial charge is 0.361 e. The summed E-state index contributed by atoms with van der Waals surface area (Å²) in [5, 5.41) is 0. The van der Waals surface area contributed by atoms with Crippen LogP contribution in [0.3, 0.4) is 0 Å². The van der Waals surface area contributed by atoms with Crippen LogP contribution in [0.15, 0.2) is 24.8 Å². The van der Waals surface area contributed by atoms with Crippen molar-refractivity contribution in [2.24, 2.45) is 0 Å². The monoisotopic (exact) mass is 240 g/mol. The van der Waals surface area contributed by atoms with Gasteiger partial charge < -0.3 is 4.74 Å². The lowest BCUT2D eigenvalue weighted by atomic mass is 10.1. The number of rotatable bonds is 5. The van der Waals surface area contributed by atoms with Gasteiger partial charge in [0.05, 0.1) is 6.10 Å². The molecule has 1 atom stereocenters. The van der Waals surface area contributed by atoms with Gasteiger partial charge in [-0.3, -0.25) is 0 Å². The molecule has 0 aliphatic heterocycles. The first kappa shape index (κ1) is 13.3. The topological polar surface area (TPSA) is 9.23 Å². The molecule has 1 rings (SSSR count). The third kappa shape index (κ3) is 3.36. The Balaban J connectivity index is 3.01. The predicted molar refractivity (Wildman–Crippen MR) is 58.7 cm³/mol. The van der Waals surface area contributed by atoms with E-state index in [4.69, 9.17) is 11.2 Å². The highest BCUT2D eigenvalue weighted by Crippen LogP contribution is 2.24. The maximum atomic E-state index is 13.0. The maximum Gasteiger partial charge on any atom is 0.194 e. The van der Waals surface area contributed by atoms with Gasteiger partial charge in [0.1, 0.15) is 6.61 Å². The van der Waals surface area contributed by atoms with E-state index < -0.39 is 23.6 Å². The summed E-state index contributed by atoms with van der Waals surface area (Å²) in [6.45, 7) is 3.50. The first-order valence-corrected chi connectivity index (χ1v) is 4.90. The van der Waals surface area contributed by atoms with E-state index in [1.165, 1.54) is 6.08 Å². The zero-order valence-corrected chi connectivity index (χ0v) is 9.05. The third-order valence-corrected chi connectivity index (χ3v) is 2.13. The summed E-state index contributed by atoms with van der Waals surface area (Å²) in [7, 11) is 0. The molecule has 0 fully saturated rings. The van der Waals surface area contributed by atoms with Gasteiger partial charge >= 0.3 is 0 Å². The van der Waals surface area contributed by atoms with Crippen molar-refractivity contribution >= 4 is 0 Å². The molecule has 17 heavy (non-hydrogen) atoms. The number of halogens is 3. The summed E-state index contributed by atoms with van der Waals surface area (Å²) in [5.41, 5.74) is 0.191. The molecular formula is C13H11F3O. The minimum atomic E-state index is -1.50. The molecule has 0 aliphatic carbocycles. The van der Waals surface area contributed by atoms with Crippen LogP contribution in [0.4, 0.5) is 13.2 Å². The van der Waals surface area contributed by atoms with Gasteiger partial charge in [-0.05, 0) is 24.1 Å². The van der Waals surface area contributed by atoms with E-state index in [-0.39, 0.29) is 12.2 Å². The van der Waals surface area contributed by atoms with Gasteiger partial charge in [0.15, 0.2) is 17.5 Å². The Labute approximate surface area is 97.9 Å². The van der Waals surface area contributed by atoms with E-state index in [2.05, 4.69) is 12.5 Å². The Hall–Kier alpha value is -1.73. The molecule has 4 heteroatoms. The fourth-order valence-corrected chi connectivity index (χ4v) is 1.36. The number of benzene rings is 1. The van der Waals surface area contributed by atoms with Crippen LogP contribution in [0, 0.1) is 29.8 Å². The van der Waals surface area contributed by atoms with Crippen molar-refractivity contribution in [3.05, 3.63) is 47.8 Å². The van der Waals surface area contributed by atoms with Gasteiger partial charge in [-0.1, -0.05) is 12.0 Å². The highest BCUT2D eigenvalue weighted by Gasteiger charge is 2.16. The molecule has 1 nitrogen and oxygen atoms in total. The number of hydrogen-bond donors (Lipinski definition) is 0.